The number of anilines is 1. The molecule has 2 atom stereocenters. The molecule has 2 bridgehead atoms. The van der Waals surface area contributed by atoms with E-state index in [4.69, 9.17) is 0 Å². The molecule has 128 valence electrons. The lowest BCUT2D eigenvalue weighted by Crippen LogP contribution is -2.50. The van der Waals surface area contributed by atoms with E-state index in [9.17, 15) is 9.59 Å². The Kier molecular flexibility index (Phi) is 3.78. The lowest BCUT2D eigenvalue weighted by atomic mass is 9.64. The van der Waals surface area contributed by atoms with Crippen LogP contribution in [0.15, 0.2) is 35.4 Å². The van der Waals surface area contributed by atoms with E-state index in [0.717, 1.165) is 12.1 Å². The van der Waals surface area contributed by atoms with Gasteiger partial charge in [-0.25, -0.2) is 0 Å². The molecule has 5 heteroatoms. The number of hydrogen-bond acceptors (Lipinski definition) is 4. The van der Waals surface area contributed by atoms with E-state index in [0.29, 0.717) is 18.7 Å². The molecule has 1 amide bonds. The Morgan fingerprint density at radius 2 is 1.83 bits per heavy atom. The van der Waals surface area contributed by atoms with Gasteiger partial charge in [-0.1, -0.05) is 39.0 Å². The van der Waals surface area contributed by atoms with Gasteiger partial charge in [0.2, 0.25) is 5.91 Å². The molecule has 1 aromatic rings. The minimum atomic E-state index is -1.00. The van der Waals surface area contributed by atoms with Gasteiger partial charge < -0.3 is 5.32 Å². The number of nitrogens with one attached hydrogen (secondary N) is 2. The highest BCUT2D eigenvalue weighted by Crippen LogP contribution is 2.69. The molecule has 2 unspecified atom stereocenters. The van der Waals surface area contributed by atoms with Crippen LogP contribution in [0.5, 0.6) is 0 Å². The maximum atomic E-state index is 13.2. The first kappa shape index (κ1) is 16.7. The Morgan fingerprint density at radius 3 is 2.46 bits per heavy atom. The maximum absolute atomic E-state index is 13.2. The van der Waals surface area contributed by atoms with Crippen molar-refractivity contribution in [2.45, 2.75) is 40.5 Å². The van der Waals surface area contributed by atoms with E-state index in [2.05, 4.69) is 22.8 Å². The van der Waals surface area contributed by atoms with E-state index in [-0.39, 0.29) is 11.7 Å². The van der Waals surface area contributed by atoms with E-state index in [1.807, 2.05) is 51.1 Å². The Balaban J connectivity index is 2.02. The highest BCUT2D eigenvalue weighted by Gasteiger charge is 2.76. The van der Waals surface area contributed by atoms with Gasteiger partial charge in [0.15, 0.2) is 5.78 Å². The molecule has 0 radical (unpaired) electrons. The van der Waals surface area contributed by atoms with Crippen LogP contribution in [0.2, 0.25) is 0 Å². The van der Waals surface area contributed by atoms with E-state index in [1.165, 1.54) is 0 Å². The van der Waals surface area contributed by atoms with Gasteiger partial charge in [-0.2, -0.15) is 5.10 Å². The van der Waals surface area contributed by atoms with Gasteiger partial charge in [-0.15, -0.1) is 0 Å². The third-order valence-electron chi connectivity index (χ3n) is 6.37. The standard InChI is InChI=1S/C19H25N3O2/c1-5-20-16(24)19-12-11-18(4,17(19,2)3)14(15(19)23)22-21-13-9-7-6-8-10-13/h6-10,21H,5,11-12H2,1-4H3,(H,20,24)/b22-14+. The molecule has 2 aliphatic rings. The maximum Gasteiger partial charge on any atom is 0.234 e. The van der Waals surface area contributed by atoms with Crippen molar-refractivity contribution in [2.24, 2.45) is 21.3 Å². The van der Waals surface area contributed by atoms with Gasteiger partial charge in [-0.05, 0) is 37.3 Å². The number of amides is 1. The number of fused-ring (bicyclic) bond motifs is 2. The van der Waals surface area contributed by atoms with Gasteiger partial charge in [0.25, 0.3) is 0 Å². The van der Waals surface area contributed by atoms with Gasteiger partial charge in [-0.3, -0.25) is 15.0 Å². The highest BCUT2D eigenvalue weighted by molar-refractivity contribution is 6.50. The Morgan fingerprint density at radius 1 is 1.17 bits per heavy atom. The van der Waals surface area contributed by atoms with Crippen LogP contribution in [0.25, 0.3) is 0 Å². The molecule has 2 fully saturated rings. The normalized spacial score (nSPS) is 32.2. The second kappa shape index (κ2) is 5.43. The third-order valence-corrected chi connectivity index (χ3v) is 6.37. The summed E-state index contributed by atoms with van der Waals surface area (Å²) >= 11 is 0. The zero-order valence-electron chi connectivity index (χ0n) is 14.8. The van der Waals surface area contributed by atoms with Crippen LogP contribution >= 0.6 is 0 Å². The number of hydrogen-bond donors (Lipinski definition) is 2. The van der Waals surface area contributed by atoms with Crippen molar-refractivity contribution in [3.8, 4) is 0 Å². The first-order valence-corrected chi connectivity index (χ1v) is 8.53. The minimum Gasteiger partial charge on any atom is -0.355 e. The highest BCUT2D eigenvalue weighted by atomic mass is 16.2. The van der Waals surface area contributed by atoms with Crippen LogP contribution in [0, 0.1) is 16.2 Å². The quantitative estimate of drug-likeness (QED) is 0.660. The lowest BCUT2D eigenvalue weighted by Gasteiger charge is -2.37. The SMILES string of the molecule is CCNC(=O)C12CCC(C)(/C(=N/Nc3ccccc3)C1=O)C2(C)C. The van der Waals surface area contributed by atoms with Gasteiger partial charge in [0.05, 0.1) is 5.69 Å². The van der Waals surface area contributed by atoms with Crippen LogP contribution < -0.4 is 10.7 Å². The molecule has 2 N–H and O–H groups in total. The summed E-state index contributed by atoms with van der Waals surface area (Å²) in [6.45, 7) is 8.51. The number of hydrazone groups is 1. The second-order valence-corrected chi connectivity index (χ2v) is 7.49. The molecule has 0 aliphatic heterocycles. The molecule has 2 aliphatic carbocycles. The molecule has 0 heterocycles. The number of rotatable bonds is 4. The number of ketones is 1. The Hall–Kier alpha value is -2.17. The number of benzene rings is 1. The third kappa shape index (κ3) is 1.90. The smallest absolute Gasteiger partial charge is 0.234 e. The molecule has 0 aromatic heterocycles. The molecule has 0 saturated heterocycles. The summed E-state index contributed by atoms with van der Waals surface area (Å²) in [5.41, 5.74) is 2.43. The number of Topliss-reactive ketones (excluding diaryl/α,β-unsaturated/α-hetero) is 1. The van der Waals surface area contributed by atoms with Crippen LogP contribution in [-0.4, -0.2) is 23.9 Å². The fraction of sp³-hybridized carbons (Fsp3) is 0.526. The topological polar surface area (TPSA) is 70.6 Å². The number of carbonyl (C=O) groups excluding carboxylic acids is 2. The fourth-order valence-electron chi connectivity index (χ4n) is 4.42. The predicted octanol–water partition coefficient (Wildman–Crippen LogP) is 2.99. The molecule has 2 saturated carbocycles. The van der Waals surface area contributed by atoms with Crippen LogP contribution in [0.1, 0.15) is 40.5 Å². The average molecular weight is 327 g/mol. The van der Waals surface area contributed by atoms with E-state index in [1.54, 1.807) is 0 Å². The number of carbonyl (C=O) groups is 2. The molecule has 3 rings (SSSR count). The van der Waals surface area contributed by atoms with Crippen molar-refractivity contribution in [1.29, 1.82) is 0 Å². The van der Waals surface area contributed by atoms with Crippen molar-refractivity contribution in [1.82, 2.24) is 5.32 Å². The minimum absolute atomic E-state index is 0.129. The molecular formula is C19H25N3O2. The van der Waals surface area contributed by atoms with Gasteiger partial charge in [0, 0.05) is 12.0 Å². The summed E-state index contributed by atoms with van der Waals surface area (Å²) in [6, 6.07) is 9.54. The van der Waals surface area contributed by atoms with Gasteiger partial charge in [0.1, 0.15) is 11.1 Å². The number of nitrogens with zero attached hydrogens (tertiary/aromatic N) is 1. The first-order chi connectivity index (χ1) is 11.3. The zero-order chi connectivity index (χ0) is 17.6. The zero-order valence-corrected chi connectivity index (χ0v) is 14.8. The largest absolute Gasteiger partial charge is 0.355 e. The van der Waals surface area contributed by atoms with Crippen molar-refractivity contribution in [2.75, 3.05) is 12.0 Å². The molecular weight excluding hydrogens is 302 g/mol. The summed E-state index contributed by atoms with van der Waals surface area (Å²) < 4.78 is 0. The van der Waals surface area contributed by atoms with Crippen molar-refractivity contribution < 1.29 is 9.59 Å². The second-order valence-electron chi connectivity index (χ2n) is 7.49. The van der Waals surface area contributed by atoms with Gasteiger partial charge >= 0.3 is 0 Å². The van der Waals surface area contributed by atoms with Crippen molar-refractivity contribution in [3.05, 3.63) is 30.3 Å². The van der Waals surface area contributed by atoms with Crippen LogP contribution in [-0.2, 0) is 9.59 Å². The summed E-state index contributed by atoms with van der Waals surface area (Å²) in [5, 5.41) is 7.32. The summed E-state index contributed by atoms with van der Waals surface area (Å²) in [6.07, 6.45) is 1.38. The van der Waals surface area contributed by atoms with Crippen molar-refractivity contribution in [3.63, 3.8) is 0 Å². The average Bonchev–Trinajstić information content (AvgIpc) is 2.83. The molecule has 0 spiro atoms. The van der Waals surface area contributed by atoms with Crippen LogP contribution in [0.3, 0.4) is 0 Å². The molecule has 5 nitrogen and oxygen atoms in total. The summed E-state index contributed by atoms with van der Waals surface area (Å²) in [7, 11) is 0. The number of para-hydroxylation sites is 1. The Labute approximate surface area is 142 Å². The van der Waals surface area contributed by atoms with Crippen LogP contribution in [0.4, 0.5) is 5.69 Å². The Bertz CT molecular complexity index is 711. The summed E-state index contributed by atoms with van der Waals surface area (Å²) in [4.78, 5) is 26.0. The predicted molar refractivity (Wildman–Crippen MR) is 94.7 cm³/mol. The lowest BCUT2D eigenvalue weighted by molar-refractivity contribution is -0.143. The van der Waals surface area contributed by atoms with E-state index >= 15 is 0 Å². The van der Waals surface area contributed by atoms with Crippen molar-refractivity contribution >= 4 is 23.1 Å². The summed E-state index contributed by atoms with van der Waals surface area (Å²) in [5.74, 6) is -0.288. The van der Waals surface area contributed by atoms with E-state index < -0.39 is 16.2 Å². The molecule has 1 aromatic carbocycles. The first-order valence-electron chi connectivity index (χ1n) is 8.53. The monoisotopic (exact) mass is 327 g/mol. The molecule has 24 heavy (non-hydrogen) atoms. The fourth-order valence-corrected chi connectivity index (χ4v) is 4.42.